The first-order valence-electron chi connectivity index (χ1n) is 7.77. The Morgan fingerprint density at radius 1 is 1.19 bits per heavy atom. The van der Waals surface area contributed by atoms with Crippen molar-refractivity contribution in [1.82, 2.24) is 4.98 Å². The fraction of sp³-hybridized carbons (Fsp3) is 0.222. The molecule has 0 radical (unpaired) electrons. The fourth-order valence-corrected chi connectivity index (χ4v) is 2.64. The molecule has 142 valence electrons. The highest BCUT2D eigenvalue weighted by atomic mass is 19.4. The van der Waals surface area contributed by atoms with Crippen LogP contribution in [-0.2, 0) is 10.9 Å². The van der Waals surface area contributed by atoms with Crippen molar-refractivity contribution in [2.75, 3.05) is 20.3 Å². The van der Waals surface area contributed by atoms with Crippen molar-refractivity contribution < 1.29 is 32.2 Å². The van der Waals surface area contributed by atoms with Gasteiger partial charge in [-0.3, -0.25) is 0 Å². The van der Waals surface area contributed by atoms with Gasteiger partial charge in [-0.25, -0.2) is 9.78 Å². The zero-order valence-electron chi connectivity index (χ0n) is 14.0. The Morgan fingerprint density at radius 3 is 2.67 bits per heavy atom. The van der Waals surface area contributed by atoms with Crippen LogP contribution in [0.15, 0.2) is 45.7 Å². The minimum absolute atomic E-state index is 0.0372. The largest absolute Gasteiger partial charge is 0.505 e. The van der Waals surface area contributed by atoms with Crippen LogP contribution in [0.2, 0.25) is 0 Å². The van der Waals surface area contributed by atoms with Gasteiger partial charge < -0.3 is 19.0 Å². The molecule has 2 aromatic heterocycles. The molecule has 0 saturated heterocycles. The Kier molecular flexibility index (Phi) is 5.04. The van der Waals surface area contributed by atoms with E-state index in [0.717, 1.165) is 12.1 Å². The lowest BCUT2D eigenvalue weighted by molar-refractivity contribution is -0.138. The third kappa shape index (κ3) is 3.59. The topological polar surface area (TPSA) is 81.8 Å². The highest BCUT2D eigenvalue weighted by molar-refractivity contribution is 5.88. The van der Waals surface area contributed by atoms with E-state index < -0.39 is 40.0 Å². The molecule has 9 heteroatoms. The molecular weight excluding hydrogens is 367 g/mol. The quantitative estimate of drug-likeness (QED) is 0.680. The standard InChI is InChI=1S/C18H14F3NO5/c1-25-8-9-26-11-5-2-4-10(14(11)18(19,20)21)13-16(23)15-12(27-17(13)24)6-3-7-22-15/h2-7,23H,8-9H2,1H3. The van der Waals surface area contributed by atoms with Gasteiger partial charge in [-0.05, 0) is 18.2 Å². The number of aromatic nitrogens is 1. The Hall–Kier alpha value is -3.07. The summed E-state index contributed by atoms with van der Waals surface area (Å²) >= 11 is 0. The number of ether oxygens (including phenoxy) is 2. The SMILES string of the molecule is COCCOc1cccc(-c2c(O)c3ncccc3oc2=O)c1C(F)(F)F. The number of methoxy groups -OCH3 is 1. The number of hydrogen-bond acceptors (Lipinski definition) is 6. The molecule has 0 unspecified atom stereocenters. The molecule has 3 rings (SSSR count). The molecule has 1 aromatic carbocycles. The van der Waals surface area contributed by atoms with E-state index in [1.807, 2.05) is 0 Å². The minimum atomic E-state index is -4.85. The molecule has 0 fully saturated rings. The van der Waals surface area contributed by atoms with E-state index in [1.54, 1.807) is 0 Å². The van der Waals surface area contributed by atoms with Crippen molar-refractivity contribution in [3.8, 4) is 22.6 Å². The highest BCUT2D eigenvalue weighted by Gasteiger charge is 2.39. The second-order valence-corrected chi connectivity index (χ2v) is 5.48. The van der Waals surface area contributed by atoms with E-state index in [2.05, 4.69) is 4.98 Å². The van der Waals surface area contributed by atoms with Crippen LogP contribution in [0.1, 0.15) is 5.56 Å². The van der Waals surface area contributed by atoms with Crippen LogP contribution in [0.5, 0.6) is 11.5 Å². The number of pyridine rings is 1. The van der Waals surface area contributed by atoms with Crippen LogP contribution >= 0.6 is 0 Å². The lowest BCUT2D eigenvalue weighted by Crippen LogP contribution is -2.15. The number of fused-ring (bicyclic) bond motifs is 1. The van der Waals surface area contributed by atoms with Gasteiger partial charge >= 0.3 is 11.8 Å². The minimum Gasteiger partial charge on any atom is -0.505 e. The molecule has 1 N–H and O–H groups in total. The molecule has 3 aromatic rings. The maximum absolute atomic E-state index is 13.7. The molecule has 6 nitrogen and oxygen atoms in total. The average molecular weight is 381 g/mol. The predicted molar refractivity (Wildman–Crippen MR) is 89.8 cm³/mol. The number of aromatic hydroxyl groups is 1. The van der Waals surface area contributed by atoms with Gasteiger partial charge in [0.15, 0.2) is 11.3 Å². The number of halogens is 3. The maximum atomic E-state index is 13.7. The monoisotopic (exact) mass is 381 g/mol. The third-order valence-electron chi connectivity index (χ3n) is 3.76. The third-order valence-corrected chi connectivity index (χ3v) is 3.76. The van der Waals surface area contributed by atoms with Gasteiger partial charge in [0.25, 0.3) is 0 Å². The van der Waals surface area contributed by atoms with Crippen LogP contribution in [-0.4, -0.2) is 30.4 Å². The van der Waals surface area contributed by atoms with Crippen molar-refractivity contribution in [2.45, 2.75) is 6.18 Å². The smallest absolute Gasteiger partial charge is 0.420 e. The summed E-state index contributed by atoms with van der Waals surface area (Å²) in [6.07, 6.45) is -3.53. The summed E-state index contributed by atoms with van der Waals surface area (Å²) < 4.78 is 56.2. The molecule has 0 atom stereocenters. The van der Waals surface area contributed by atoms with Crippen molar-refractivity contribution in [3.05, 3.63) is 52.5 Å². The Bertz CT molecular complexity index is 1030. The summed E-state index contributed by atoms with van der Waals surface area (Å²) in [5, 5.41) is 10.4. The molecule has 0 amide bonds. The van der Waals surface area contributed by atoms with Crippen molar-refractivity contribution in [1.29, 1.82) is 0 Å². The predicted octanol–water partition coefficient (Wildman–Crippen LogP) is 3.60. The van der Waals surface area contributed by atoms with Crippen LogP contribution < -0.4 is 10.4 Å². The molecule has 0 aliphatic rings. The second-order valence-electron chi connectivity index (χ2n) is 5.48. The number of hydrogen-bond donors (Lipinski definition) is 1. The van der Waals surface area contributed by atoms with Crippen molar-refractivity contribution in [2.24, 2.45) is 0 Å². The first kappa shape index (κ1) is 18.7. The number of alkyl halides is 3. The molecule has 2 heterocycles. The van der Waals surface area contributed by atoms with Gasteiger partial charge in [0.05, 0.1) is 6.61 Å². The Labute approximate surface area is 150 Å². The Balaban J connectivity index is 2.27. The summed E-state index contributed by atoms with van der Waals surface area (Å²) in [5.41, 5.74) is -3.66. The van der Waals surface area contributed by atoms with Crippen LogP contribution in [0.3, 0.4) is 0 Å². The number of nitrogens with zero attached hydrogens (tertiary/aromatic N) is 1. The first-order valence-corrected chi connectivity index (χ1v) is 7.77. The van der Waals surface area contributed by atoms with Gasteiger partial charge in [0.2, 0.25) is 0 Å². The molecule has 0 aliphatic heterocycles. The van der Waals surface area contributed by atoms with E-state index in [4.69, 9.17) is 13.9 Å². The van der Waals surface area contributed by atoms with Gasteiger partial charge in [-0.2, -0.15) is 13.2 Å². The normalized spacial score (nSPS) is 11.7. The van der Waals surface area contributed by atoms with E-state index in [-0.39, 0.29) is 24.3 Å². The van der Waals surface area contributed by atoms with Gasteiger partial charge in [0, 0.05) is 18.9 Å². The molecular formula is C18H14F3NO5. The van der Waals surface area contributed by atoms with Crippen LogP contribution in [0, 0.1) is 0 Å². The highest BCUT2D eigenvalue weighted by Crippen LogP contribution is 2.44. The summed E-state index contributed by atoms with van der Waals surface area (Å²) in [5.74, 6) is -1.18. The summed E-state index contributed by atoms with van der Waals surface area (Å²) in [4.78, 5) is 16.2. The maximum Gasteiger partial charge on any atom is 0.420 e. The number of rotatable bonds is 5. The summed E-state index contributed by atoms with van der Waals surface area (Å²) in [6, 6.07) is 6.32. The van der Waals surface area contributed by atoms with E-state index in [1.165, 1.54) is 31.5 Å². The molecule has 0 aliphatic carbocycles. The van der Waals surface area contributed by atoms with Gasteiger partial charge in [0.1, 0.15) is 29.0 Å². The first-order chi connectivity index (χ1) is 12.8. The summed E-state index contributed by atoms with van der Waals surface area (Å²) in [7, 11) is 1.38. The lowest BCUT2D eigenvalue weighted by atomic mass is 9.98. The summed E-state index contributed by atoms with van der Waals surface area (Å²) in [6.45, 7) is -0.0439. The van der Waals surface area contributed by atoms with E-state index in [9.17, 15) is 23.1 Å². The van der Waals surface area contributed by atoms with E-state index >= 15 is 0 Å². The molecule has 0 saturated carbocycles. The average Bonchev–Trinajstić information content (AvgIpc) is 2.61. The van der Waals surface area contributed by atoms with Crippen molar-refractivity contribution >= 4 is 11.1 Å². The second kappa shape index (κ2) is 7.28. The Morgan fingerprint density at radius 2 is 1.96 bits per heavy atom. The van der Waals surface area contributed by atoms with Gasteiger partial charge in [-0.15, -0.1) is 0 Å². The van der Waals surface area contributed by atoms with Crippen molar-refractivity contribution in [3.63, 3.8) is 0 Å². The molecule has 0 spiro atoms. The lowest BCUT2D eigenvalue weighted by Gasteiger charge is -2.18. The van der Waals surface area contributed by atoms with Gasteiger partial charge in [-0.1, -0.05) is 12.1 Å². The van der Waals surface area contributed by atoms with E-state index in [0.29, 0.717) is 0 Å². The molecule has 0 bridgehead atoms. The molecule has 27 heavy (non-hydrogen) atoms. The fourth-order valence-electron chi connectivity index (χ4n) is 2.64. The number of benzene rings is 1. The zero-order valence-corrected chi connectivity index (χ0v) is 14.0. The zero-order chi connectivity index (χ0) is 19.6. The van der Waals surface area contributed by atoms with Crippen LogP contribution in [0.4, 0.5) is 13.2 Å². The van der Waals surface area contributed by atoms with Crippen LogP contribution in [0.25, 0.3) is 22.2 Å².